The Kier molecular flexibility index (Phi) is 3.70. The largest absolute Gasteiger partial charge is 0.481 e. The summed E-state index contributed by atoms with van der Waals surface area (Å²) in [5.41, 5.74) is 3.68. The van der Waals surface area contributed by atoms with Crippen LogP contribution in [0.15, 0.2) is 41.1 Å². The number of fused-ring (bicyclic) bond motifs is 1. The standard InChI is InChI=1S/C13H11N3O2S2/c17-12(18)7-19-13-15-10-3-1-2-4-11(10)16(13)6-9-5-14-8-20-9/h1-5,8H,6-7H2,(H,17,18). The first-order valence-corrected chi connectivity index (χ1v) is 7.78. The zero-order chi connectivity index (χ0) is 13.9. The number of hydrogen-bond donors (Lipinski definition) is 1. The summed E-state index contributed by atoms with van der Waals surface area (Å²) in [5.74, 6) is -0.835. The van der Waals surface area contributed by atoms with Crippen LogP contribution in [0.1, 0.15) is 4.88 Å². The monoisotopic (exact) mass is 305 g/mol. The lowest BCUT2D eigenvalue weighted by molar-refractivity contribution is -0.133. The van der Waals surface area contributed by atoms with Crippen LogP contribution in [0.4, 0.5) is 0 Å². The number of nitrogens with zero attached hydrogens (tertiary/aromatic N) is 3. The minimum Gasteiger partial charge on any atom is -0.481 e. The molecule has 0 saturated heterocycles. The molecule has 1 N–H and O–H groups in total. The molecule has 102 valence electrons. The molecule has 0 aliphatic rings. The Morgan fingerprint density at radius 1 is 1.40 bits per heavy atom. The minimum absolute atomic E-state index is 0.00596. The van der Waals surface area contributed by atoms with Gasteiger partial charge in [-0.1, -0.05) is 23.9 Å². The van der Waals surface area contributed by atoms with Crippen LogP contribution in [-0.2, 0) is 11.3 Å². The SMILES string of the molecule is O=C(O)CSc1nc2ccccc2n1Cc1cncs1. The third-order valence-electron chi connectivity index (χ3n) is 2.74. The third kappa shape index (κ3) is 2.68. The Bertz CT molecular complexity index is 737. The summed E-state index contributed by atoms with van der Waals surface area (Å²) in [7, 11) is 0. The quantitative estimate of drug-likeness (QED) is 0.734. The Hall–Kier alpha value is -1.86. The van der Waals surface area contributed by atoms with Gasteiger partial charge in [-0.2, -0.15) is 0 Å². The van der Waals surface area contributed by atoms with Crippen molar-refractivity contribution in [1.82, 2.24) is 14.5 Å². The fourth-order valence-electron chi connectivity index (χ4n) is 1.92. The van der Waals surface area contributed by atoms with Crippen LogP contribution in [0, 0.1) is 0 Å². The number of benzene rings is 1. The average molecular weight is 305 g/mol. The van der Waals surface area contributed by atoms with E-state index in [2.05, 4.69) is 9.97 Å². The lowest BCUT2D eigenvalue weighted by atomic mass is 10.3. The van der Waals surface area contributed by atoms with Gasteiger partial charge in [0.05, 0.1) is 28.8 Å². The van der Waals surface area contributed by atoms with Crippen LogP contribution >= 0.6 is 23.1 Å². The van der Waals surface area contributed by atoms with Crippen LogP contribution in [-0.4, -0.2) is 31.4 Å². The molecule has 0 fully saturated rings. The van der Waals surface area contributed by atoms with E-state index in [1.165, 1.54) is 11.8 Å². The summed E-state index contributed by atoms with van der Waals surface area (Å²) in [4.78, 5) is 20.4. The second kappa shape index (κ2) is 5.64. The fourth-order valence-corrected chi connectivity index (χ4v) is 3.24. The Morgan fingerprint density at radius 2 is 2.25 bits per heavy atom. The first-order valence-electron chi connectivity index (χ1n) is 5.91. The van der Waals surface area contributed by atoms with E-state index in [0.717, 1.165) is 21.1 Å². The maximum absolute atomic E-state index is 10.8. The van der Waals surface area contributed by atoms with Gasteiger partial charge < -0.3 is 9.67 Å². The number of aliphatic carboxylic acids is 1. The van der Waals surface area contributed by atoms with Crippen molar-refractivity contribution in [3.05, 3.63) is 40.8 Å². The van der Waals surface area contributed by atoms with Gasteiger partial charge in [0.1, 0.15) is 0 Å². The Morgan fingerprint density at radius 3 is 3.00 bits per heavy atom. The molecule has 0 bridgehead atoms. The molecule has 7 heteroatoms. The number of carboxylic acid groups (broad SMARTS) is 1. The van der Waals surface area contributed by atoms with E-state index < -0.39 is 5.97 Å². The van der Waals surface area contributed by atoms with Gasteiger partial charge in [-0.15, -0.1) is 11.3 Å². The Balaban J connectivity index is 2.01. The van der Waals surface area contributed by atoms with Gasteiger partial charge in [-0.3, -0.25) is 9.78 Å². The van der Waals surface area contributed by atoms with Gasteiger partial charge in [-0.25, -0.2) is 4.98 Å². The molecule has 20 heavy (non-hydrogen) atoms. The van der Waals surface area contributed by atoms with Crippen molar-refractivity contribution >= 4 is 40.1 Å². The lowest BCUT2D eigenvalue weighted by Gasteiger charge is -2.06. The number of carboxylic acids is 1. The van der Waals surface area contributed by atoms with Gasteiger partial charge in [0.25, 0.3) is 0 Å². The lowest BCUT2D eigenvalue weighted by Crippen LogP contribution is -2.03. The first-order chi connectivity index (χ1) is 9.74. The number of carbonyl (C=O) groups is 1. The molecule has 0 atom stereocenters. The van der Waals surface area contributed by atoms with Crippen molar-refractivity contribution in [2.45, 2.75) is 11.7 Å². The summed E-state index contributed by atoms with van der Waals surface area (Å²) < 4.78 is 2.04. The number of imidazole rings is 1. The normalized spacial score (nSPS) is 11.0. The molecular formula is C13H11N3O2S2. The van der Waals surface area contributed by atoms with Crippen molar-refractivity contribution in [1.29, 1.82) is 0 Å². The van der Waals surface area contributed by atoms with Crippen molar-refractivity contribution in [3.63, 3.8) is 0 Å². The maximum atomic E-state index is 10.8. The molecule has 5 nitrogen and oxygen atoms in total. The van der Waals surface area contributed by atoms with Crippen LogP contribution in [0.2, 0.25) is 0 Å². The van der Waals surface area contributed by atoms with Crippen LogP contribution in [0.5, 0.6) is 0 Å². The molecule has 0 spiro atoms. The van der Waals surface area contributed by atoms with E-state index in [1.54, 1.807) is 16.8 Å². The summed E-state index contributed by atoms with van der Waals surface area (Å²) in [6.07, 6.45) is 1.82. The van der Waals surface area contributed by atoms with Gasteiger partial charge in [0, 0.05) is 11.1 Å². The van der Waals surface area contributed by atoms with Crippen molar-refractivity contribution in [3.8, 4) is 0 Å². The highest BCUT2D eigenvalue weighted by Crippen LogP contribution is 2.25. The second-order valence-electron chi connectivity index (χ2n) is 4.12. The molecule has 3 aromatic rings. The number of hydrogen-bond acceptors (Lipinski definition) is 5. The predicted octanol–water partition coefficient (Wildman–Crippen LogP) is 2.72. The summed E-state index contributed by atoms with van der Waals surface area (Å²) in [6.45, 7) is 0.660. The molecule has 2 heterocycles. The Labute approximate surface area is 123 Å². The number of aromatic nitrogens is 3. The molecule has 3 rings (SSSR count). The third-order valence-corrected chi connectivity index (χ3v) is 4.47. The van der Waals surface area contributed by atoms with Gasteiger partial charge >= 0.3 is 5.97 Å². The smallest absolute Gasteiger partial charge is 0.313 e. The molecule has 0 aliphatic heterocycles. The number of rotatable bonds is 5. The van der Waals surface area contributed by atoms with Gasteiger partial charge in [0.2, 0.25) is 0 Å². The average Bonchev–Trinajstić information content (AvgIpc) is 3.05. The molecule has 0 radical (unpaired) electrons. The molecule has 2 aromatic heterocycles. The number of thioether (sulfide) groups is 1. The van der Waals surface area contributed by atoms with E-state index >= 15 is 0 Å². The van der Waals surface area contributed by atoms with Crippen molar-refractivity contribution < 1.29 is 9.90 Å². The molecule has 0 unspecified atom stereocenters. The summed E-state index contributed by atoms with van der Waals surface area (Å²) in [5, 5.41) is 9.56. The topological polar surface area (TPSA) is 68.0 Å². The molecular weight excluding hydrogens is 294 g/mol. The fraction of sp³-hybridized carbons (Fsp3) is 0.154. The zero-order valence-electron chi connectivity index (χ0n) is 10.4. The predicted molar refractivity (Wildman–Crippen MR) is 79.3 cm³/mol. The molecule has 0 amide bonds. The zero-order valence-corrected chi connectivity index (χ0v) is 12.0. The second-order valence-corrected chi connectivity index (χ2v) is 6.03. The summed E-state index contributed by atoms with van der Waals surface area (Å²) >= 11 is 2.82. The van der Waals surface area contributed by atoms with E-state index in [-0.39, 0.29) is 5.75 Å². The van der Waals surface area contributed by atoms with Gasteiger partial charge in [0.15, 0.2) is 5.16 Å². The molecule has 0 aliphatic carbocycles. The van der Waals surface area contributed by atoms with Crippen LogP contribution in [0.3, 0.4) is 0 Å². The van der Waals surface area contributed by atoms with Crippen molar-refractivity contribution in [2.24, 2.45) is 0 Å². The van der Waals surface area contributed by atoms with E-state index in [1.807, 2.05) is 35.0 Å². The van der Waals surface area contributed by atoms with Gasteiger partial charge in [-0.05, 0) is 12.1 Å². The highest BCUT2D eigenvalue weighted by molar-refractivity contribution is 7.99. The molecule has 0 saturated carbocycles. The minimum atomic E-state index is -0.841. The first kappa shape index (κ1) is 13.1. The summed E-state index contributed by atoms with van der Waals surface area (Å²) in [6, 6.07) is 7.81. The van der Waals surface area contributed by atoms with E-state index in [9.17, 15) is 4.79 Å². The van der Waals surface area contributed by atoms with Crippen LogP contribution < -0.4 is 0 Å². The highest BCUT2D eigenvalue weighted by Gasteiger charge is 2.13. The highest BCUT2D eigenvalue weighted by atomic mass is 32.2. The number of para-hydroxylation sites is 2. The van der Waals surface area contributed by atoms with E-state index in [4.69, 9.17) is 5.11 Å². The van der Waals surface area contributed by atoms with Crippen molar-refractivity contribution in [2.75, 3.05) is 5.75 Å². The molecule has 1 aromatic carbocycles. The maximum Gasteiger partial charge on any atom is 0.313 e. The van der Waals surface area contributed by atoms with E-state index in [0.29, 0.717) is 6.54 Å². The number of thiazole rings is 1. The van der Waals surface area contributed by atoms with Crippen LogP contribution in [0.25, 0.3) is 11.0 Å².